The second kappa shape index (κ2) is 4.82. The first-order valence-corrected chi connectivity index (χ1v) is 4.30. The lowest BCUT2D eigenvalue weighted by Crippen LogP contribution is -1.90. The Bertz CT molecular complexity index is 291. The highest BCUT2D eigenvalue weighted by Crippen LogP contribution is 2.06. The van der Waals surface area contributed by atoms with Crippen molar-refractivity contribution in [2.24, 2.45) is 5.16 Å². The smallest absolute Gasteiger partial charge is 0.143 e. The predicted molar refractivity (Wildman–Crippen MR) is 52.8 cm³/mol. The van der Waals surface area contributed by atoms with Crippen molar-refractivity contribution in [1.82, 2.24) is 4.98 Å². The van der Waals surface area contributed by atoms with Crippen LogP contribution in [-0.4, -0.2) is 10.7 Å². The number of aromatic nitrogens is 1. The lowest BCUT2D eigenvalue weighted by Gasteiger charge is -1.99. The van der Waals surface area contributed by atoms with Gasteiger partial charge in [-0.25, -0.2) is 4.98 Å². The highest BCUT2D eigenvalue weighted by atomic mass is 35.5. The molecular weight excluding hydrogens is 188 g/mol. The molecule has 0 fully saturated rings. The summed E-state index contributed by atoms with van der Waals surface area (Å²) in [7, 11) is 0. The molecule has 0 aliphatic rings. The maximum absolute atomic E-state index is 5.62. The van der Waals surface area contributed by atoms with Gasteiger partial charge in [0.05, 0.1) is 5.71 Å². The molecular formula is C9H11ClN2O. The van der Waals surface area contributed by atoms with E-state index in [1.165, 1.54) is 0 Å². The first-order valence-electron chi connectivity index (χ1n) is 3.92. The Morgan fingerprint density at radius 2 is 2.31 bits per heavy atom. The van der Waals surface area contributed by atoms with Crippen molar-refractivity contribution in [3.05, 3.63) is 29.0 Å². The van der Waals surface area contributed by atoms with Crippen molar-refractivity contribution in [1.29, 1.82) is 0 Å². The van der Waals surface area contributed by atoms with Gasteiger partial charge >= 0.3 is 0 Å². The van der Waals surface area contributed by atoms with Crippen molar-refractivity contribution >= 4 is 17.3 Å². The molecule has 0 radical (unpaired) electrons. The van der Waals surface area contributed by atoms with Crippen LogP contribution in [-0.2, 0) is 11.4 Å². The van der Waals surface area contributed by atoms with Gasteiger partial charge in [-0.15, -0.1) is 0 Å². The van der Waals surface area contributed by atoms with Crippen LogP contribution in [0.15, 0.2) is 23.5 Å². The van der Waals surface area contributed by atoms with Crippen LogP contribution in [0.3, 0.4) is 0 Å². The SMILES string of the molecule is CC(C)=NOCc1ccc(Cl)nc1. The van der Waals surface area contributed by atoms with Crippen LogP contribution in [0.5, 0.6) is 0 Å². The maximum atomic E-state index is 5.62. The molecule has 1 heterocycles. The summed E-state index contributed by atoms with van der Waals surface area (Å²) in [5.41, 5.74) is 1.84. The quantitative estimate of drug-likeness (QED) is 0.425. The molecule has 0 aliphatic carbocycles. The molecule has 0 spiro atoms. The van der Waals surface area contributed by atoms with Crippen LogP contribution in [0.1, 0.15) is 19.4 Å². The number of pyridine rings is 1. The van der Waals surface area contributed by atoms with Gasteiger partial charge in [-0.2, -0.15) is 0 Å². The van der Waals surface area contributed by atoms with Gasteiger partial charge in [0.25, 0.3) is 0 Å². The lowest BCUT2D eigenvalue weighted by atomic mass is 10.3. The first kappa shape index (κ1) is 9.99. The molecule has 3 nitrogen and oxygen atoms in total. The van der Waals surface area contributed by atoms with Crippen LogP contribution in [0.2, 0.25) is 5.15 Å². The van der Waals surface area contributed by atoms with Crippen molar-refractivity contribution in [3.8, 4) is 0 Å². The maximum Gasteiger partial charge on any atom is 0.143 e. The Labute approximate surface area is 82.4 Å². The van der Waals surface area contributed by atoms with E-state index >= 15 is 0 Å². The van der Waals surface area contributed by atoms with Gasteiger partial charge in [-0.3, -0.25) is 0 Å². The third-order valence-corrected chi connectivity index (χ3v) is 1.49. The number of nitrogens with zero attached hydrogens (tertiary/aromatic N) is 2. The minimum Gasteiger partial charge on any atom is -0.391 e. The molecule has 0 atom stereocenters. The van der Waals surface area contributed by atoms with Gasteiger partial charge in [0.2, 0.25) is 0 Å². The zero-order valence-electron chi connectivity index (χ0n) is 7.62. The fraction of sp³-hybridized carbons (Fsp3) is 0.333. The highest BCUT2D eigenvalue weighted by Gasteiger charge is 1.93. The molecule has 0 aromatic carbocycles. The molecule has 1 aromatic heterocycles. The standard InChI is InChI=1S/C9H11ClN2O/c1-7(2)12-13-6-8-3-4-9(10)11-5-8/h3-5H,6H2,1-2H3. The summed E-state index contributed by atoms with van der Waals surface area (Å²) in [6.45, 7) is 4.18. The van der Waals surface area contributed by atoms with E-state index in [2.05, 4.69) is 10.1 Å². The number of hydrogen-bond donors (Lipinski definition) is 0. The zero-order valence-corrected chi connectivity index (χ0v) is 8.38. The topological polar surface area (TPSA) is 34.5 Å². The van der Waals surface area contributed by atoms with Gasteiger partial charge in [-0.05, 0) is 19.9 Å². The van der Waals surface area contributed by atoms with Gasteiger partial charge < -0.3 is 4.84 Å². The molecule has 0 amide bonds. The average Bonchev–Trinajstić information content (AvgIpc) is 2.08. The number of halogens is 1. The molecule has 4 heteroatoms. The van der Waals surface area contributed by atoms with Crippen LogP contribution in [0.4, 0.5) is 0 Å². The molecule has 13 heavy (non-hydrogen) atoms. The Balaban J connectivity index is 2.46. The fourth-order valence-electron chi connectivity index (χ4n) is 0.728. The van der Waals surface area contributed by atoms with E-state index in [0.717, 1.165) is 11.3 Å². The Morgan fingerprint density at radius 1 is 1.54 bits per heavy atom. The molecule has 1 aromatic rings. The first-order chi connectivity index (χ1) is 6.18. The number of hydrogen-bond acceptors (Lipinski definition) is 3. The molecule has 0 aliphatic heterocycles. The average molecular weight is 199 g/mol. The fourth-order valence-corrected chi connectivity index (χ4v) is 0.840. The van der Waals surface area contributed by atoms with E-state index in [9.17, 15) is 0 Å². The molecule has 0 unspecified atom stereocenters. The molecule has 0 saturated heterocycles. The van der Waals surface area contributed by atoms with Gasteiger partial charge in [-0.1, -0.05) is 22.8 Å². The zero-order chi connectivity index (χ0) is 9.68. The molecule has 0 bridgehead atoms. The monoisotopic (exact) mass is 198 g/mol. The molecule has 0 saturated carbocycles. The second-order valence-electron chi connectivity index (χ2n) is 2.80. The summed E-state index contributed by atoms with van der Waals surface area (Å²) in [6, 6.07) is 3.58. The summed E-state index contributed by atoms with van der Waals surface area (Å²) in [6.07, 6.45) is 1.67. The summed E-state index contributed by atoms with van der Waals surface area (Å²) in [5, 5.41) is 4.28. The summed E-state index contributed by atoms with van der Waals surface area (Å²) < 4.78 is 0. The molecule has 0 N–H and O–H groups in total. The minimum absolute atomic E-state index is 0.426. The van der Waals surface area contributed by atoms with E-state index < -0.39 is 0 Å². The van der Waals surface area contributed by atoms with E-state index in [1.54, 1.807) is 12.3 Å². The summed E-state index contributed by atoms with van der Waals surface area (Å²) in [5.74, 6) is 0. The highest BCUT2D eigenvalue weighted by molar-refractivity contribution is 6.29. The second-order valence-corrected chi connectivity index (χ2v) is 3.19. The van der Waals surface area contributed by atoms with Gasteiger partial charge in [0.15, 0.2) is 0 Å². The summed E-state index contributed by atoms with van der Waals surface area (Å²) >= 11 is 5.62. The summed E-state index contributed by atoms with van der Waals surface area (Å²) in [4.78, 5) is 8.94. The third kappa shape index (κ3) is 3.90. The van der Waals surface area contributed by atoms with Gasteiger partial charge in [0.1, 0.15) is 11.8 Å². The van der Waals surface area contributed by atoms with Gasteiger partial charge in [0, 0.05) is 11.8 Å². The predicted octanol–water partition coefficient (Wildman–Crippen LogP) is 2.65. The van der Waals surface area contributed by atoms with Crippen molar-refractivity contribution in [2.75, 3.05) is 0 Å². The molecule has 1 rings (SSSR count). The Hall–Kier alpha value is -1.09. The van der Waals surface area contributed by atoms with Crippen LogP contribution < -0.4 is 0 Å². The van der Waals surface area contributed by atoms with Crippen LogP contribution in [0, 0.1) is 0 Å². The Morgan fingerprint density at radius 3 is 2.85 bits per heavy atom. The van der Waals surface area contributed by atoms with Crippen molar-refractivity contribution < 1.29 is 4.84 Å². The Kier molecular flexibility index (Phi) is 3.71. The normalized spacial score (nSPS) is 9.46. The van der Waals surface area contributed by atoms with E-state index in [1.807, 2.05) is 19.9 Å². The van der Waals surface area contributed by atoms with E-state index in [0.29, 0.717) is 11.8 Å². The number of rotatable bonds is 3. The van der Waals surface area contributed by atoms with Crippen LogP contribution in [0.25, 0.3) is 0 Å². The number of oxime groups is 1. The van der Waals surface area contributed by atoms with Crippen molar-refractivity contribution in [2.45, 2.75) is 20.5 Å². The third-order valence-electron chi connectivity index (χ3n) is 1.27. The van der Waals surface area contributed by atoms with Crippen molar-refractivity contribution in [3.63, 3.8) is 0 Å². The molecule has 70 valence electrons. The van der Waals surface area contributed by atoms with Crippen LogP contribution >= 0.6 is 11.6 Å². The minimum atomic E-state index is 0.426. The lowest BCUT2D eigenvalue weighted by molar-refractivity contribution is 0.130. The van der Waals surface area contributed by atoms with E-state index in [-0.39, 0.29) is 0 Å². The largest absolute Gasteiger partial charge is 0.391 e. The van der Waals surface area contributed by atoms with E-state index in [4.69, 9.17) is 16.4 Å².